The van der Waals surface area contributed by atoms with E-state index in [1.807, 2.05) is 32.0 Å². The number of hydrogen-bond donors (Lipinski definition) is 1. The third kappa shape index (κ3) is 3.58. The average Bonchev–Trinajstić information content (AvgIpc) is 2.27. The summed E-state index contributed by atoms with van der Waals surface area (Å²) < 4.78 is 12.0. The van der Waals surface area contributed by atoms with Crippen molar-refractivity contribution in [2.24, 2.45) is 0 Å². The summed E-state index contributed by atoms with van der Waals surface area (Å²) >= 11 is 9.39. The van der Waals surface area contributed by atoms with Crippen molar-refractivity contribution in [3.63, 3.8) is 0 Å². The summed E-state index contributed by atoms with van der Waals surface area (Å²) in [6.45, 7) is 5.08. The normalized spacial score (nSPS) is 20.2. The lowest BCUT2D eigenvalue weighted by atomic mass is 10.2. The average molecular weight is 321 g/mol. The minimum absolute atomic E-state index is 0.153. The van der Waals surface area contributed by atoms with Crippen molar-refractivity contribution in [3.05, 3.63) is 27.7 Å². The summed E-state index contributed by atoms with van der Waals surface area (Å²) in [5.74, 6) is -0.477. The highest BCUT2D eigenvalue weighted by Gasteiger charge is 2.28. The smallest absolute Gasteiger partial charge is 0.162 e. The topological polar surface area (TPSA) is 30.5 Å². The number of nitrogens with one attached hydrogen (secondary N) is 1. The lowest BCUT2D eigenvalue weighted by Crippen LogP contribution is -2.45. The van der Waals surface area contributed by atoms with Crippen LogP contribution < -0.4 is 5.32 Å². The van der Waals surface area contributed by atoms with Gasteiger partial charge in [-0.25, -0.2) is 0 Å². The van der Waals surface area contributed by atoms with Crippen LogP contribution in [0.4, 0.5) is 5.69 Å². The van der Waals surface area contributed by atoms with Crippen LogP contribution in [0, 0.1) is 0 Å². The van der Waals surface area contributed by atoms with Crippen LogP contribution in [0.1, 0.15) is 13.8 Å². The van der Waals surface area contributed by atoms with Crippen molar-refractivity contribution in [3.8, 4) is 0 Å². The first-order valence-electron chi connectivity index (χ1n) is 5.46. The molecule has 0 atom stereocenters. The molecule has 0 unspecified atom stereocenters. The molecule has 3 nitrogen and oxygen atoms in total. The minimum atomic E-state index is -0.477. The quantitative estimate of drug-likeness (QED) is 0.902. The third-order valence-electron chi connectivity index (χ3n) is 2.55. The maximum absolute atomic E-state index is 6.03. The van der Waals surface area contributed by atoms with Gasteiger partial charge in [0, 0.05) is 10.2 Å². The van der Waals surface area contributed by atoms with Crippen LogP contribution in [0.2, 0.25) is 5.02 Å². The van der Waals surface area contributed by atoms with E-state index in [0.29, 0.717) is 18.2 Å². The Morgan fingerprint density at radius 3 is 2.59 bits per heavy atom. The van der Waals surface area contributed by atoms with E-state index in [-0.39, 0.29) is 6.04 Å². The predicted octanol–water partition coefficient (Wildman–Crippen LogP) is 3.67. The zero-order chi connectivity index (χ0) is 12.5. The monoisotopic (exact) mass is 319 g/mol. The Morgan fingerprint density at radius 2 is 2.00 bits per heavy atom. The summed E-state index contributed by atoms with van der Waals surface area (Å²) in [7, 11) is 0. The van der Waals surface area contributed by atoms with Crippen molar-refractivity contribution in [2.75, 3.05) is 18.5 Å². The fourth-order valence-corrected chi connectivity index (χ4v) is 2.02. The summed E-state index contributed by atoms with van der Waals surface area (Å²) in [5.41, 5.74) is 0.968. The fourth-order valence-electron chi connectivity index (χ4n) is 1.60. The predicted molar refractivity (Wildman–Crippen MR) is 72.5 cm³/mol. The Morgan fingerprint density at radius 1 is 1.35 bits per heavy atom. The molecule has 5 heteroatoms. The van der Waals surface area contributed by atoms with E-state index in [1.165, 1.54) is 0 Å². The van der Waals surface area contributed by atoms with Gasteiger partial charge in [-0.2, -0.15) is 0 Å². The Hall–Kier alpha value is -0.290. The van der Waals surface area contributed by atoms with Crippen LogP contribution in [-0.2, 0) is 9.47 Å². The number of anilines is 1. The van der Waals surface area contributed by atoms with Gasteiger partial charge in [-0.05, 0) is 48.0 Å². The van der Waals surface area contributed by atoms with E-state index < -0.39 is 5.79 Å². The largest absolute Gasteiger partial charge is 0.378 e. The molecule has 0 bridgehead atoms. The molecule has 2 rings (SSSR count). The number of benzene rings is 1. The van der Waals surface area contributed by atoms with E-state index >= 15 is 0 Å². The first-order chi connectivity index (χ1) is 7.96. The molecule has 1 aromatic carbocycles. The molecule has 0 aliphatic carbocycles. The maximum Gasteiger partial charge on any atom is 0.162 e. The van der Waals surface area contributed by atoms with Gasteiger partial charge in [-0.3, -0.25) is 0 Å². The minimum Gasteiger partial charge on any atom is -0.378 e. The maximum atomic E-state index is 6.03. The first kappa shape index (κ1) is 13.1. The Kier molecular flexibility index (Phi) is 3.98. The van der Waals surface area contributed by atoms with Gasteiger partial charge in [0.15, 0.2) is 5.79 Å². The van der Waals surface area contributed by atoms with Crippen molar-refractivity contribution in [1.29, 1.82) is 0 Å². The molecule has 1 aliphatic rings. The zero-order valence-electron chi connectivity index (χ0n) is 9.80. The molecule has 1 N–H and O–H groups in total. The van der Waals surface area contributed by atoms with E-state index in [2.05, 4.69) is 21.2 Å². The van der Waals surface area contributed by atoms with Gasteiger partial charge in [-0.1, -0.05) is 11.6 Å². The van der Waals surface area contributed by atoms with Crippen LogP contribution in [-0.4, -0.2) is 25.0 Å². The molecule has 1 saturated heterocycles. The molecule has 94 valence electrons. The molecule has 1 fully saturated rings. The molecule has 0 radical (unpaired) electrons. The van der Waals surface area contributed by atoms with Crippen molar-refractivity contribution >= 4 is 33.2 Å². The molecule has 0 aromatic heterocycles. The van der Waals surface area contributed by atoms with Crippen LogP contribution >= 0.6 is 27.5 Å². The SMILES string of the molecule is CC1(C)OCC(Nc2ccc(Br)c(Cl)c2)CO1. The number of rotatable bonds is 2. The standard InChI is InChI=1S/C12H15BrClNO2/c1-12(2)16-6-9(7-17-12)15-8-3-4-10(13)11(14)5-8/h3-5,9,15H,6-7H2,1-2H3. The summed E-state index contributed by atoms with van der Waals surface area (Å²) in [4.78, 5) is 0. The molecular weight excluding hydrogens is 305 g/mol. The molecular formula is C12H15BrClNO2. The van der Waals surface area contributed by atoms with Crippen LogP contribution in [0.3, 0.4) is 0 Å². The Bertz CT molecular complexity index is 401. The van der Waals surface area contributed by atoms with E-state index in [0.717, 1.165) is 10.2 Å². The van der Waals surface area contributed by atoms with Gasteiger partial charge in [0.25, 0.3) is 0 Å². The second kappa shape index (κ2) is 5.14. The lowest BCUT2D eigenvalue weighted by Gasteiger charge is -2.35. The van der Waals surface area contributed by atoms with E-state index in [9.17, 15) is 0 Å². The van der Waals surface area contributed by atoms with Crippen LogP contribution in [0.25, 0.3) is 0 Å². The van der Waals surface area contributed by atoms with E-state index in [4.69, 9.17) is 21.1 Å². The zero-order valence-corrected chi connectivity index (χ0v) is 12.1. The van der Waals surface area contributed by atoms with Gasteiger partial charge in [0.05, 0.1) is 24.3 Å². The van der Waals surface area contributed by atoms with Crippen molar-refractivity contribution < 1.29 is 9.47 Å². The lowest BCUT2D eigenvalue weighted by molar-refractivity contribution is -0.247. The second-order valence-electron chi connectivity index (χ2n) is 4.49. The van der Waals surface area contributed by atoms with Crippen LogP contribution in [0.15, 0.2) is 22.7 Å². The first-order valence-corrected chi connectivity index (χ1v) is 6.63. The van der Waals surface area contributed by atoms with Crippen LogP contribution in [0.5, 0.6) is 0 Å². The van der Waals surface area contributed by atoms with E-state index in [1.54, 1.807) is 0 Å². The highest BCUT2D eigenvalue weighted by molar-refractivity contribution is 9.10. The van der Waals surface area contributed by atoms with Crippen molar-refractivity contribution in [1.82, 2.24) is 0 Å². The second-order valence-corrected chi connectivity index (χ2v) is 5.75. The molecule has 1 heterocycles. The number of halogens is 2. The molecule has 1 aromatic rings. The van der Waals surface area contributed by atoms with Gasteiger partial charge in [0.2, 0.25) is 0 Å². The molecule has 0 saturated carbocycles. The Labute approximate surface area is 115 Å². The molecule has 0 spiro atoms. The van der Waals surface area contributed by atoms with Gasteiger partial charge in [-0.15, -0.1) is 0 Å². The summed E-state index contributed by atoms with van der Waals surface area (Å²) in [5, 5.41) is 4.02. The highest BCUT2D eigenvalue weighted by atomic mass is 79.9. The summed E-state index contributed by atoms with van der Waals surface area (Å²) in [6.07, 6.45) is 0. The number of hydrogen-bond acceptors (Lipinski definition) is 3. The molecule has 1 aliphatic heterocycles. The highest BCUT2D eigenvalue weighted by Crippen LogP contribution is 2.26. The fraction of sp³-hybridized carbons (Fsp3) is 0.500. The van der Waals surface area contributed by atoms with Gasteiger partial charge < -0.3 is 14.8 Å². The van der Waals surface area contributed by atoms with Crippen molar-refractivity contribution in [2.45, 2.75) is 25.7 Å². The Balaban J connectivity index is 1.95. The third-order valence-corrected chi connectivity index (χ3v) is 3.79. The van der Waals surface area contributed by atoms with Gasteiger partial charge in [0.1, 0.15) is 0 Å². The molecule has 17 heavy (non-hydrogen) atoms. The summed E-state index contributed by atoms with van der Waals surface area (Å²) in [6, 6.07) is 5.92. The van der Waals surface area contributed by atoms with Gasteiger partial charge >= 0.3 is 0 Å². The molecule has 0 amide bonds. The number of ether oxygens (including phenoxy) is 2.